The highest BCUT2D eigenvalue weighted by Gasteiger charge is 2.33. The van der Waals surface area contributed by atoms with Crippen LogP contribution in [0, 0.1) is 0 Å². The van der Waals surface area contributed by atoms with E-state index in [2.05, 4.69) is 9.82 Å². The molecule has 2 rings (SSSR count). The number of aromatic nitrogens is 2. The number of hydrogen-bond donors (Lipinski definition) is 1. The number of rotatable bonds is 3. The molecule has 0 spiro atoms. The number of alkyl halides is 3. The highest BCUT2D eigenvalue weighted by Crippen LogP contribution is 2.35. The summed E-state index contributed by atoms with van der Waals surface area (Å²) >= 11 is 5.86. The molecule has 1 N–H and O–H groups in total. The van der Waals surface area contributed by atoms with Crippen molar-refractivity contribution in [2.45, 2.75) is 37.3 Å². The topological polar surface area (TPSA) is 64.0 Å². The van der Waals surface area contributed by atoms with Crippen LogP contribution in [0.3, 0.4) is 0 Å². The first kappa shape index (κ1) is 19.6. The molecule has 5 nitrogen and oxygen atoms in total. The van der Waals surface area contributed by atoms with Gasteiger partial charge >= 0.3 is 6.18 Å². The number of halogens is 4. The summed E-state index contributed by atoms with van der Waals surface area (Å²) in [6.07, 6.45) is -3.32. The van der Waals surface area contributed by atoms with E-state index in [-0.39, 0.29) is 15.6 Å². The second-order valence-electron chi connectivity index (χ2n) is 6.56. The lowest BCUT2D eigenvalue weighted by Gasteiger charge is -2.18. The van der Waals surface area contributed by atoms with Gasteiger partial charge < -0.3 is 0 Å². The van der Waals surface area contributed by atoms with Crippen molar-refractivity contribution in [1.29, 1.82) is 0 Å². The molecule has 0 bridgehead atoms. The summed E-state index contributed by atoms with van der Waals surface area (Å²) in [4.78, 5) is -0.115. The van der Waals surface area contributed by atoms with Gasteiger partial charge in [0, 0.05) is 18.7 Å². The second-order valence-corrected chi connectivity index (χ2v) is 8.62. The van der Waals surface area contributed by atoms with Crippen molar-refractivity contribution < 1.29 is 21.6 Å². The summed E-state index contributed by atoms with van der Waals surface area (Å²) in [6.45, 7) is 5.35. The maximum absolute atomic E-state index is 12.8. The number of nitrogens with one attached hydrogen (secondary N) is 1. The number of hydrogen-bond acceptors (Lipinski definition) is 3. The van der Waals surface area contributed by atoms with Crippen LogP contribution in [0.2, 0.25) is 5.02 Å². The maximum atomic E-state index is 12.8. The fraction of sp³-hybridized carbons (Fsp3) is 0.400. The predicted octanol–water partition coefficient (Wildman–Crippen LogP) is 4.19. The van der Waals surface area contributed by atoms with Gasteiger partial charge in [0.25, 0.3) is 10.0 Å². The van der Waals surface area contributed by atoms with Crippen LogP contribution in [-0.2, 0) is 28.7 Å². The van der Waals surface area contributed by atoms with E-state index in [1.807, 2.05) is 0 Å². The Morgan fingerprint density at radius 3 is 2.32 bits per heavy atom. The molecule has 0 aliphatic rings. The number of anilines is 1. The average Bonchev–Trinajstić information content (AvgIpc) is 2.83. The van der Waals surface area contributed by atoms with Crippen LogP contribution in [0.4, 0.5) is 18.9 Å². The molecule has 10 heteroatoms. The number of aryl methyl sites for hydroxylation is 1. The molecule has 0 fully saturated rings. The van der Waals surface area contributed by atoms with Gasteiger partial charge in [-0.25, -0.2) is 8.42 Å². The van der Waals surface area contributed by atoms with E-state index in [0.29, 0.717) is 11.8 Å². The fourth-order valence-corrected chi connectivity index (χ4v) is 3.84. The summed E-state index contributed by atoms with van der Waals surface area (Å²) in [7, 11) is -2.62. The van der Waals surface area contributed by atoms with Crippen molar-refractivity contribution >= 4 is 27.3 Å². The standard InChI is InChI=1S/C15H17ClF3N3O2S/c1-14(2,3)13-12(8-22(4)20-13)25(23,24)21-11-7-9(15(17,18)19)5-6-10(11)16/h5-8,21H,1-4H3. The largest absolute Gasteiger partial charge is 0.416 e. The average molecular weight is 396 g/mol. The van der Waals surface area contributed by atoms with Crippen LogP contribution in [-0.4, -0.2) is 18.2 Å². The van der Waals surface area contributed by atoms with Gasteiger partial charge in [-0.05, 0) is 18.2 Å². The quantitative estimate of drug-likeness (QED) is 0.847. The van der Waals surface area contributed by atoms with Crippen molar-refractivity contribution in [1.82, 2.24) is 9.78 Å². The van der Waals surface area contributed by atoms with Gasteiger partial charge in [-0.1, -0.05) is 32.4 Å². The lowest BCUT2D eigenvalue weighted by Crippen LogP contribution is -2.20. The number of sulfonamides is 1. The summed E-state index contributed by atoms with van der Waals surface area (Å²) in [5, 5.41) is 4.01. The van der Waals surface area contributed by atoms with Crippen molar-refractivity contribution in [3.8, 4) is 0 Å². The van der Waals surface area contributed by atoms with Gasteiger partial charge in [0.1, 0.15) is 4.90 Å². The Bertz CT molecular complexity index is 900. The van der Waals surface area contributed by atoms with Crippen LogP contribution in [0.1, 0.15) is 32.0 Å². The molecule has 0 saturated heterocycles. The number of benzene rings is 1. The van der Waals surface area contributed by atoms with E-state index in [0.717, 1.165) is 12.1 Å². The van der Waals surface area contributed by atoms with Gasteiger partial charge in [0.05, 0.1) is 22.0 Å². The molecule has 138 valence electrons. The van der Waals surface area contributed by atoms with E-state index in [4.69, 9.17) is 11.6 Å². The molecule has 0 amide bonds. The summed E-state index contributed by atoms with van der Waals surface area (Å²) in [5.74, 6) is 0. The Kier molecular flexibility index (Phi) is 4.86. The minimum Gasteiger partial charge on any atom is -0.278 e. The van der Waals surface area contributed by atoms with E-state index in [1.54, 1.807) is 27.8 Å². The molecule has 0 aliphatic carbocycles. The summed E-state index contributed by atoms with van der Waals surface area (Å²) in [6, 6.07) is 2.44. The van der Waals surface area contributed by atoms with Crippen LogP contribution < -0.4 is 4.72 Å². The molecule has 1 heterocycles. The molecule has 0 unspecified atom stereocenters. The van der Waals surface area contributed by atoms with Gasteiger partial charge in [0.15, 0.2) is 0 Å². The zero-order valence-corrected chi connectivity index (χ0v) is 15.5. The van der Waals surface area contributed by atoms with E-state index in [9.17, 15) is 21.6 Å². The molecule has 2 aromatic rings. The highest BCUT2D eigenvalue weighted by atomic mass is 35.5. The second kappa shape index (κ2) is 6.21. The van der Waals surface area contributed by atoms with Crippen molar-refractivity contribution in [2.24, 2.45) is 7.05 Å². The third-order valence-corrected chi connectivity index (χ3v) is 5.03. The Labute approximate surface area is 148 Å². The monoisotopic (exact) mass is 395 g/mol. The molecule has 0 radical (unpaired) electrons. The summed E-state index contributed by atoms with van der Waals surface area (Å²) < 4.78 is 67.4. The van der Waals surface area contributed by atoms with Gasteiger partial charge in [0.2, 0.25) is 0 Å². The Morgan fingerprint density at radius 1 is 1.20 bits per heavy atom. The highest BCUT2D eigenvalue weighted by molar-refractivity contribution is 7.92. The van der Waals surface area contributed by atoms with Crippen molar-refractivity contribution in [2.75, 3.05) is 4.72 Å². The van der Waals surface area contributed by atoms with Crippen molar-refractivity contribution in [3.63, 3.8) is 0 Å². The minimum absolute atomic E-state index is 0.115. The smallest absolute Gasteiger partial charge is 0.278 e. The first-order chi connectivity index (χ1) is 11.2. The Morgan fingerprint density at radius 2 is 1.80 bits per heavy atom. The van der Waals surface area contributed by atoms with Crippen LogP contribution in [0.5, 0.6) is 0 Å². The van der Waals surface area contributed by atoms with Gasteiger partial charge in [-0.15, -0.1) is 0 Å². The molecular formula is C15H17ClF3N3O2S. The minimum atomic E-state index is -4.62. The Balaban J connectivity index is 2.51. The molecule has 0 atom stereocenters. The normalized spacial score (nSPS) is 13.1. The van der Waals surface area contributed by atoms with E-state index >= 15 is 0 Å². The predicted molar refractivity (Wildman–Crippen MR) is 89.2 cm³/mol. The van der Waals surface area contributed by atoms with E-state index in [1.165, 1.54) is 10.9 Å². The van der Waals surface area contributed by atoms with E-state index < -0.39 is 27.2 Å². The third kappa shape index (κ3) is 4.27. The van der Waals surface area contributed by atoms with Crippen LogP contribution in [0.15, 0.2) is 29.3 Å². The van der Waals surface area contributed by atoms with Crippen molar-refractivity contribution in [3.05, 3.63) is 40.7 Å². The molecular weight excluding hydrogens is 379 g/mol. The zero-order valence-electron chi connectivity index (χ0n) is 13.9. The van der Waals surface area contributed by atoms with Gasteiger partial charge in [-0.3, -0.25) is 9.40 Å². The van der Waals surface area contributed by atoms with Crippen LogP contribution >= 0.6 is 11.6 Å². The fourth-order valence-electron chi connectivity index (χ4n) is 2.16. The molecule has 1 aromatic carbocycles. The Hall–Kier alpha value is -1.74. The van der Waals surface area contributed by atoms with Crippen LogP contribution in [0.25, 0.3) is 0 Å². The molecule has 25 heavy (non-hydrogen) atoms. The summed E-state index contributed by atoms with van der Waals surface area (Å²) in [5.41, 5.74) is -1.63. The number of nitrogens with zero attached hydrogens (tertiary/aromatic N) is 2. The van der Waals surface area contributed by atoms with Gasteiger partial charge in [-0.2, -0.15) is 18.3 Å². The molecule has 1 aromatic heterocycles. The first-order valence-electron chi connectivity index (χ1n) is 7.15. The SMILES string of the molecule is Cn1cc(S(=O)(=O)Nc2cc(C(F)(F)F)ccc2Cl)c(C(C)(C)C)n1. The first-order valence-corrected chi connectivity index (χ1v) is 9.01. The molecule has 0 aliphatic heterocycles. The third-order valence-electron chi connectivity index (χ3n) is 3.33. The zero-order chi connectivity index (χ0) is 19.2. The maximum Gasteiger partial charge on any atom is 0.416 e. The molecule has 0 saturated carbocycles. The lowest BCUT2D eigenvalue weighted by atomic mass is 9.92. The lowest BCUT2D eigenvalue weighted by molar-refractivity contribution is -0.137.